The van der Waals surface area contributed by atoms with Gasteiger partial charge in [-0.25, -0.2) is 4.90 Å². The summed E-state index contributed by atoms with van der Waals surface area (Å²) in [6, 6.07) is 12.5. The highest BCUT2D eigenvalue weighted by Crippen LogP contribution is 2.57. The third-order valence-corrected chi connectivity index (χ3v) is 6.37. The maximum Gasteiger partial charge on any atom is 0.240 e. The summed E-state index contributed by atoms with van der Waals surface area (Å²) in [6.45, 7) is -0.191. The van der Waals surface area contributed by atoms with E-state index >= 15 is 0 Å². The number of aliphatic hydroxyl groups excluding tert-OH is 2. The average Bonchev–Trinajstić information content (AvgIpc) is 3.28. The SMILES string of the molecule is N#Cc1ccc(N2C(=O)C3C4OC(CCO)(C[C@@H]4O)[C@H]3C2=O)c2ccccc12. The molecule has 3 aliphatic heterocycles. The summed E-state index contributed by atoms with van der Waals surface area (Å²) in [5.74, 6) is -2.23. The minimum Gasteiger partial charge on any atom is -0.396 e. The van der Waals surface area contributed by atoms with Crippen molar-refractivity contribution in [2.45, 2.75) is 30.7 Å². The van der Waals surface area contributed by atoms with E-state index < -0.39 is 35.6 Å². The fourth-order valence-corrected chi connectivity index (χ4v) is 5.27. The molecule has 0 radical (unpaired) electrons. The van der Waals surface area contributed by atoms with Crippen LogP contribution >= 0.6 is 0 Å². The van der Waals surface area contributed by atoms with Gasteiger partial charge >= 0.3 is 0 Å². The van der Waals surface area contributed by atoms with Crippen LogP contribution in [0, 0.1) is 23.2 Å². The molecule has 5 atom stereocenters. The molecule has 5 rings (SSSR count). The lowest BCUT2D eigenvalue weighted by Gasteiger charge is -2.31. The van der Waals surface area contributed by atoms with Crippen LogP contribution in [0.1, 0.15) is 18.4 Å². The van der Waals surface area contributed by atoms with E-state index in [2.05, 4.69) is 6.07 Å². The zero-order valence-electron chi connectivity index (χ0n) is 14.9. The zero-order chi connectivity index (χ0) is 19.6. The molecule has 2 aromatic carbocycles. The number of benzene rings is 2. The Labute approximate surface area is 160 Å². The predicted molar refractivity (Wildman–Crippen MR) is 98.1 cm³/mol. The Morgan fingerprint density at radius 3 is 2.64 bits per heavy atom. The van der Waals surface area contributed by atoms with Gasteiger partial charge < -0.3 is 14.9 Å². The van der Waals surface area contributed by atoms with E-state index in [1.54, 1.807) is 36.4 Å². The molecule has 2 amide bonds. The van der Waals surface area contributed by atoms with E-state index in [1.807, 2.05) is 0 Å². The van der Waals surface area contributed by atoms with Crippen molar-refractivity contribution in [2.75, 3.05) is 11.5 Å². The molecule has 2 N–H and O–H groups in total. The van der Waals surface area contributed by atoms with Gasteiger partial charge in [0.05, 0.1) is 47.0 Å². The highest BCUT2D eigenvalue weighted by atomic mass is 16.5. The summed E-state index contributed by atoms with van der Waals surface area (Å²) < 4.78 is 5.91. The molecule has 0 aromatic heterocycles. The summed E-state index contributed by atoms with van der Waals surface area (Å²) in [7, 11) is 0. The van der Waals surface area contributed by atoms with Crippen molar-refractivity contribution in [1.82, 2.24) is 0 Å². The van der Waals surface area contributed by atoms with Crippen molar-refractivity contribution in [3.63, 3.8) is 0 Å². The van der Waals surface area contributed by atoms with Gasteiger partial charge in [-0.3, -0.25) is 9.59 Å². The fraction of sp³-hybridized carbons (Fsp3) is 0.381. The number of nitriles is 1. The van der Waals surface area contributed by atoms with Gasteiger partial charge in [-0.1, -0.05) is 24.3 Å². The molecule has 28 heavy (non-hydrogen) atoms. The van der Waals surface area contributed by atoms with E-state index in [0.717, 1.165) is 0 Å². The van der Waals surface area contributed by atoms with Crippen molar-refractivity contribution >= 4 is 28.3 Å². The molecule has 2 aromatic rings. The number of fused-ring (bicyclic) bond motifs is 6. The smallest absolute Gasteiger partial charge is 0.240 e. The summed E-state index contributed by atoms with van der Waals surface area (Å²) >= 11 is 0. The zero-order valence-corrected chi connectivity index (χ0v) is 14.9. The first-order chi connectivity index (χ1) is 13.5. The van der Waals surface area contributed by atoms with Gasteiger partial charge in [-0.15, -0.1) is 0 Å². The number of ether oxygens (including phenoxy) is 1. The minimum absolute atomic E-state index is 0.191. The number of anilines is 1. The van der Waals surface area contributed by atoms with Gasteiger partial charge in [0, 0.05) is 30.2 Å². The normalized spacial score (nSPS) is 33.5. The van der Waals surface area contributed by atoms with Crippen molar-refractivity contribution in [3.05, 3.63) is 42.0 Å². The number of hydrogen-bond donors (Lipinski definition) is 2. The maximum atomic E-state index is 13.4. The summed E-state index contributed by atoms with van der Waals surface area (Å²) in [6.07, 6.45) is -1.13. The standard InChI is InChI=1S/C21H18N2O5/c22-10-11-5-6-14(13-4-2-1-3-12(11)13)23-19(26)16-17(20(23)27)21(7-8-24)9-15(25)18(16)28-21/h1-6,15-18,24-25H,7-9H2/t15-,16?,17+,18?,21?/m0/s1. The Kier molecular flexibility index (Phi) is 3.62. The quantitative estimate of drug-likeness (QED) is 0.774. The number of carbonyl (C=O) groups excluding carboxylic acids is 2. The van der Waals surface area contributed by atoms with Crippen LogP contribution in [0.4, 0.5) is 5.69 Å². The van der Waals surface area contributed by atoms with Crippen LogP contribution in [-0.4, -0.2) is 46.4 Å². The van der Waals surface area contributed by atoms with Gasteiger partial charge in [-0.05, 0) is 12.1 Å². The molecule has 142 valence electrons. The second-order valence-corrected chi connectivity index (χ2v) is 7.70. The van der Waals surface area contributed by atoms with Crippen LogP contribution in [0.5, 0.6) is 0 Å². The second kappa shape index (κ2) is 5.85. The second-order valence-electron chi connectivity index (χ2n) is 7.70. The Morgan fingerprint density at radius 2 is 1.93 bits per heavy atom. The van der Waals surface area contributed by atoms with Crippen LogP contribution in [0.15, 0.2) is 36.4 Å². The number of rotatable bonds is 3. The van der Waals surface area contributed by atoms with Crippen molar-refractivity contribution < 1.29 is 24.5 Å². The summed E-state index contributed by atoms with van der Waals surface area (Å²) in [4.78, 5) is 27.8. The van der Waals surface area contributed by atoms with Crippen molar-refractivity contribution in [2.24, 2.45) is 11.8 Å². The van der Waals surface area contributed by atoms with E-state index in [4.69, 9.17) is 4.74 Å². The van der Waals surface area contributed by atoms with E-state index in [0.29, 0.717) is 22.0 Å². The van der Waals surface area contributed by atoms with Gasteiger partial charge in [0.2, 0.25) is 11.8 Å². The molecule has 3 heterocycles. The fourth-order valence-electron chi connectivity index (χ4n) is 5.27. The molecular formula is C21H18N2O5. The van der Waals surface area contributed by atoms with Crippen LogP contribution in [0.25, 0.3) is 10.8 Å². The van der Waals surface area contributed by atoms with E-state index in [1.165, 1.54) is 4.90 Å². The van der Waals surface area contributed by atoms with Crippen LogP contribution < -0.4 is 4.90 Å². The van der Waals surface area contributed by atoms with Gasteiger partial charge in [0.15, 0.2) is 0 Å². The molecule has 3 saturated heterocycles. The molecule has 3 fully saturated rings. The van der Waals surface area contributed by atoms with Crippen LogP contribution in [0.2, 0.25) is 0 Å². The van der Waals surface area contributed by atoms with Crippen LogP contribution in [-0.2, 0) is 14.3 Å². The minimum atomic E-state index is -1.01. The van der Waals surface area contributed by atoms with Gasteiger partial charge in [0.25, 0.3) is 0 Å². The number of hydrogen-bond acceptors (Lipinski definition) is 6. The van der Waals surface area contributed by atoms with E-state index in [9.17, 15) is 25.1 Å². The molecule has 2 bridgehead atoms. The Hall–Kier alpha value is -2.79. The Balaban J connectivity index is 1.65. The molecule has 0 saturated carbocycles. The van der Waals surface area contributed by atoms with Crippen molar-refractivity contribution in [1.29, 1.82) is 5.26 Å². The molecule has 3 aliphatic rings. The number of imide groups is 1. The molecule has 3 unspecified atom stereocenters. The first-order valence-corrected chi connectivity index (χ1v) is 9.29. The highest BCUT2D eigenvalue weighted by Gasteiger charge is 2.72. The Morgan fingerprint density at radius 1 is 1.18 bits per heavy atom. The molecule has 7 heteroatoms. The molecular weight excluding hydrogens is 360 g/mol. The highest BCUT2D eigenvalue weighted by molar-refractivity contribution is 6.26. The van der Waals surface area contributed by atoms with Gasteiger partial charge in [-0.2, -0.15) is 5.26 Å². The van der Waals surface area contributed by atoms with Crippen molar-refractivity contribution in [3.8, 4) is 6.07 Å². The maximum absolute atomic E-state index is 13.4. The molecule has 0 aliphatic carbocycles. The lowest BCUT2D eigenvalue weighted by Crippen LogP contribution is -2.45. The first-order valence-electron chi connectivity index (χ1n) is 9.29. The molecule has 0 spiro atoms. The third-order valence-electron chi connectivity index (χ3n) is 6.37. The lowest BCUT2D eigenvalue weighted by atomic mass is 9.70. The monoisotopic (exact) mass is 378 g/mol. The Bertz CT molecular complexity index is 1060. The summed E-state index contributed by atoms with van der Waals surface area (Å²) in [5, 5.41) is 30.5. The third kappa shape index (κ3) is 2.02. The topological polar surface area (TPSA) is 111 Å². The first kappa shape index (κ1) is 17.3. The number of aliphatic hydroxyl groups is 2. The number of carbonyl (C=O) groups is 2. The number of amides is 2. The van der Waals surface area contributed by atoms with E-state index in [-0.39, 0.29) is 25.4 Å². The largest absolute Gasteiger partial charge is 0.396 e. The van der Waals surface area contributed by atoms with Crippen LogP contribution in [0.3, 0.4) is 0 Å². The average molecular weight is 378 g/mol. The predicted octanol–water partition coefficient (Wildman–Crippen LogP) is 1.10. The van der Waals surface area contributed by atoms with Gasteiger partial charge in [0.1, 0.15) is 0 Å². The number of nitrogens with zero attached hydrogens (tertiary/aromatic N) is 2. The lowest BCUT2D eigenvalue weighted by molar-refractivity contribution is -0.128. The molecule has 7 nitrogen and oxygen atoms in total. The summed E-state index contributed by atoms with van der Waals surface area (Å²) in [5.41, 5.74) is -0.103.